The molecular weight excluding hydrogens is 195 g/mol. The molecule has 13 heavy (non-hydrogen) atoms. The molecule has 0 saturated heterocycles. The molecule has 0 amide bonds. The zero-order chi connectivity index (χ0) is 10.7. The van der Waals surface area contributed by atoms with Crippen LogP contribution in [0.2, 0.25) is 0 Å². The molecule has 6 nitrogen and oxygen atoms in total. The average molecular weight is 210 g/mol. The normalized spacial score (nSPS) is 11.6. The molecule has 0 radical (unpaired) electrons. The molecule has 0 aliphatic heterocycles. The van der Waals surface area contributed by atoms with Crippen molar-refractivity contribution in [2.75, 3.05) is 6.54 Å². The summed E-state index contributed by atoms with van der Waals surface area (Å²) < 4.78 is 8.46. The third kappa shape index (κ3) is 14.3. The Balaban J connectivity index is 0. The van der Waals surface area contributed by atoms with Gasteiger partial charge in [0.1, 0.15) is 6.04 Å². The lowest BCUT2D eigenvalue weighted by atomic mass is 10.1. The van der Waals surface area contributed by atoms with Crippen LogP contribution in [0.25, 0.3) is 0 Å². The third-order valence-electron chi connectivity index (χ3n) is 1.29. The van der Waals surface area contributed by atoms with E-state index in [9.17, 15) is 4.79 Å². The predicted octanol–water partition coefficient (Wildman–Crippen LogP) is -0.287. The number of hydrogen-bond acceptors (Lipinski definition) is 4. The van der Waals surface area contributed by atoms with Gasteiger partial charge in [0.15, 0.2) is 0 Å². The standard InChI is InChI=1S/C6H14N2O2.HO2P/c7-4-2-1-3-5(8)6(9)10;1-3-2/h5H,1-4,7-8H2,(H,9,10);(H,1,2). The summed E-state index contributed by atoms with van der Waals surface area (Å²) in [4.78, 5) is 17.1. The molecule has 0 aliphatic carbocycles. The van der Waals surface area contributed by atoms with Crippen LogP contribution < -0.4 is 11.5 Å². The Kier molecular flexibility index (Phi) is 13.2. The van der Waals surface area contributed by atoms with Crippen LogP contribution in [-0.4, -0.2) is 28.6 Å². The van der Waals surface area contributed by atoms with E-state index in [0.717, 1.165) is 12.8 Å². The fraction of sp³-hybridized carbons (Fsp3) is 0.833. The first kappa shape index (κ1) is 14.9. The van der Waals surface area contributed by atoms with Crippen LogP contribution in [0.3, 0.4) is 0 Å². The monoisotopic (exact) mass is 210 g/mol. The van der Waals surface area contributed by atoms with E-state index in [2.05, 4.69) is 0 Å². The molecule has 6 N–H and O–H groups in total. The molecule has 0 fully saturated rings. The molecule has 1 unspecified atom stereocenters. The highest BCUT2D eigenvalue weighted by molar-refractivity contribution is 7.16. The minimum atomic E-state index is -0.933. The van der Waals surface area contributed by atoms with E-state index in [0.29, 0.717) is 13.0 Å². The number of aliphatic carboxylic acids is 1. The number of unbranched alkanes of at least 4 members (excludes halogenated alkanes) is 1. The largest absolute Gasteiger partial charge is 0.480 e. The van der Waals surface area contributed by atoms with Crippen LogP contribution in [-0.2, 0) is 9.36 Å². The molecule has 7 heteroatoms. The molecule has 0 aromatic heterocycles. The Morgan fingerprint density at radius 1 is 1.46 bits per heavy atom. The number of carboxylic acids is 1. The molecule has 0 aliphatic rings. The Hall–Kier alpha value is -0.550. The first-order valence-corrected chi connectivity index (χ1v) is 4.51. The van der Waals surface area contributed by atoms with Crippen molar-refractivity contribution in [3.8, 4) is 0 Å². The molecule has 0 aromatic rings. The van der Waals surface area contributed by atoms with Crippen molar-refractivity contribution in [3.05, 3.63) is 0 Å². The smallest absolute Gasteiger partial charge is 0.324 e. The van der Waals surface area contributed by atoms with Crippen LogP contribution in [0.15, 0.2) is 0 Å². The van der Waals surface area contributed by atoms with E-state index in [-0.39, 0.29) is 0 Å². The van der Waals surface area contributed by atoms with E-state index in [1.807, 2.05) is 0 Å². The number of carboxylic acid groups (broad SMARTS) is 1. The SMILES string of the molecule is NCCCCC(N)C(=O)O.O=PO. The summed E-state index contributed by atoms with van der Waals surface area (Å²) in [6.07, 6.45) is 2.16. The summed E-state index contributed by atoms with van der Waals surface area (Å²) in [7, 11) is -0.833. The summed E-state index contributed by atoms with van der Waals surface area (Å²) in [5, 5.41) is 8.33. The van der Waals surface area contributed by atoms with Crippen LogP contribution in [0, 0.1) is 0 Å². The quantitative estimate of drug-likeness (QED) is 0.365. The van der Waals surface area contributed by atoms with Gasteiger partial charge in [-0.05, 0) is 19.4 Å². The van der Waals surface area contributed by atoms with E-state index >= 15 is 0 Å². The lowest BCUT2D eigenvalue weighted by molar-refractivity contribution is -0.138. The molecule has 78 valence electrons. The van der Waals surface area contributed by atoms with Gasteiger partial charge in [-0.2, -0.15) is 0 Å². The van der Waals surface area contributed by atoms with Crippen molar-refractivity contribution in [2.24, 2.45) is 11.5 Å². The second-order valence-corrected chi connectivity index (χ2v) is 2.47. The first-order chi connectivity index (χ1) is 6.09. The zero-order valence-electron chi connectivity index (χ0n) is 7.22. The zero-order valence-corrected chi connectivity index (χ0v) is 8.11. The predicted molar refractivity (Wildman–Crippen MR) is 48.3 cm³/mol. The van der Waals surface area contributed by atoms with Gasteiger partial charge in [0.05, 0.1) is 0 Å². The van der Waals surface area contributed by atoms with E-state index in [1.165, 1.54) is 0 Å². The fourth-order valence-electron chi connectivity index (χ4n) is 0.632. The van der Waals surface area contributed by atoms with Gasteiger partial charge in [-0.3, -0.25) is 4.79 Å². The van der Waals surface area contributed by atoms with Crippen molar-refractivity contribution in [3.63, 3.8) is 0 Å². The maximum absolute atomic E-state index is 10.1. The average Bonchev–Trinajstić information content (AvgIpc) is 2.06. The van der Waals surface area contributed by atoms with Gasteiger partial charge in [0.2, 0.25) is 0 Å². The number of hydrogen-bond donors (Lipinski definition) is 4. The molecular formula is C6H15N2O4P. The van der Waals surface area contributed by atoms with Gasteiger partial charge in [-0.15, -0.1) is 0 Å². The Labute approximate surface area is 78.2 Å². The van der Waals surface area contributed by atoms with Crippen LogP contribution in [0.1, 0.15) is 19.3 Å². The van der Waals surface area contributed by atoms with Crippen molar-refractivity contribution in [1.29, 1.82) is 0 Å². The van der Waals surface area contributed by atoms with Crippen LogP contribution >= 0.6 is 8.69 Å². The summed E-state index contributed by atoms with van der Waals surface area (Å²) in [5.41, 5.74) is 10.4. The van der Waals surface area contributed by atoms with Gasteiger partial charge in [-0.1, -0.05) is 6.42 Å². The van der Waals surface area contributed by atoms with Gasteiger partial charge in [-0.25, -0.2) is 4.57 Å². The van der Waals surface area contributed by atoms with Crippen LogP contribution in [0.5, 0.6) is 0 Å². The van der Waals surface area contributed by atoms with Crippen molar-refractivity contribution in [1.82, 2.24) is 0 Å². The fourth-order valence-corrected chi connectivity index (χ4v) is 0.632. The van der Waals surface area contributed by atoms with E-state index in [4.69, 9.17) is 26.0 Å². The summed E-state index contributed by atoms with van der Waals surface area (Å²) >= 11 is 0. The number of nitrogens with two attached hydrogens (primary N) is 2. The van der Waals surface area contributed by atoms with E-state index in [1.54, 1.807) is 0 Å². The molecule has 0 spiro atoms. The lowest BCUT2D eigenvalue weighted by Crippen LogP contribution is -2.29. The number of rotatable bonds is 5. The van der Waals surface area contributed by atoms with Gasteiger partial charge >= 0.3 is 14.7 Å². The molecule has 0 bridgehead atoms. The van der Waals surface area contributed by atoms with Crippen molar-refractivity contribution < 1.29 is 19.4 Å². The minimum absolute atomic E-state index is 0.520. The summed E-state index contributed by atoms with van der Waals surface area (Å²) in [5.74, 6) is -0.933. The van der Waals surface area contributed by atoms with Crippen LogP contribution in [0.4, 0.5) is 0 Å². The Bertz CT molecular complexity index is 145. The second kappa shape index (κ2) is 11.4. The molecule has 0 aromatic carbocycles. The Morgan fingerprint density at radius 3 is 2.23 bits per heavy atom. The molecule has 0 heterocycles. The molecule has 0 rings (SSSR count). The summed E-state index contributed by atoms with van der Waals surface area (Å²) in [6, 6.07) is -0.716. The van der Waals surface area contributed by atoms with Gasteiger partial charge in [0, 0.05) is 0 Å². The summed E-state index contributed by atoms with van der Waals surface area (Å²) in [6.45, 7) is 0.604. The Morgan fingerprint density at radius 2 is 1.92 bits per heavy atom. The van der Waals surface area contributed by atoms with Crippen molar-refractivity contribution in [2.45, 2.75) is 25.3 Å². The molecule has 1 atom stereocenters. The highest BCUT2D eigenvalue weighted by atomic mass is 31.1. The first-order valence-electron chi connectivity index (χ1n) is 3.75. The van der Waals surface area contributed by atoms with Crippen molar-refractivity contribution >= 4 is 14.7 Å². The van der Waals surface area contributed by atoms with Gasteiger partial charge in [0.25, 0.3) is 0 Å². The highest BCUT2D eigenvalue weighted by Crippen LogP contribution is 1.96. The maximum atomic E-state index is 10.1. The van der Waals surface area contributed by atoms with Gasteiger partial charge < -0.3 is 21.5 Å². The number of carbonyl (C=O) groups is 1. The highest BCUT2D eigenvalue weighted by Gasteiger charge is 2.09. The second-order valence-electron chi connectivity index (χ2n) is 2.31. The topological polar surface area (TPSA) is 127 Å². The third-order valence-corrected chi connectivity index (χ3v) is 1.29. The van der Waals surface area contributed by atoms with E-state index < -0.39 is 20.7 Å². The maximum Gasteiger partial charge on any atom is 0.324 e. The molecule has 0 saturated carbocycles. The minimum Gasteiger partial charge on any atom is -0.480 e. The lowest BCUT2D eigenvalue weighted by Gasteiger charge is -2.03.